The number of aromatic nitrogens is 3. The average molecular weight is 393 g/mol. The van der Waals surface area contributed by atoms with Crippen molar-refractivity contribution in [3.63, 3.8) is 0 Å². The van der Waals surface area contributed by atoms with Crippen molar-refractivity contribution in [1.82, 2.24) is 20.1 Å². The van der Waals surface area contributed by atoms with E-state index in [0.29, 0.717) is 24.2 Å². The van der Waals surface area contributed by atoms with E-state index in [2.05, 4.69) is 25.4 Å². The normalized spacial score (nSPS) is 15.8. The molecule has 152 valence electrons. The van der Waals surface area contributed by atoms with Crippen LogP contribution in [0.5, 0.6) is 0 Å². The minimum absolute atomic E-state index is 0.322. The molecule has 1 unspecified atom stereocenters. The van der Waals surface area contributed by atoms with Crippen LogP contribution in [0.3, 0.4) is 0 Å². The van der Waals surface area contributed by atoms with Gasteiger partial charge in [0.15, 0.2) is 5.82 Å². The lowest BCUT2D eigenvalue weighted by Gasteiger charge is -2.23. The van der Waals surface area contributed by atoms with Crippen LogP contribution in [0.25, 0.3) is 0 Å². The molecule has 0 spiro atoms. The van der Waals surface area contributed by atoms with Gasteiger partial charge in [0.1, 0.15) is 12.3 Å². The summed E-state index contributed by atoms with van der Waals surface area (Å²) in [6.07, 6.45) is 9.77. The van der Waals surface area contributed by atoms with Crippen molar-refractivity contribution < 1.29 is 9.21 Å². The van der Waals surface area contributed by atoms with E-state index in [1.54, 1.807) is 6.20 Å². The van der Waals surface area contributed by atoms with E-state index in [1.165, 1.54) is 25.5 Å². The molecule has 7 nitrogen and oxygen atoms in total. The number of carbonyl (C=O) groups is 1. The molecule has 0 aliphatic heterocycles. The van der Waals surface area contributed by atoms with Gasteiger partial charge in [0.05, 0.1) is 12.2 Å². The quantitative estimate of drug-likeness (QED) is 0.630. The highest BCUT2D eigenvalue weighted by Crippen LogP contribution is 2.29. The number of amides is 2. The minimum Gasteiger partial charge on any atom is -0.447 e. The standard InChI is InChI=1S/C22H27N5O2/c1-16-14-20(26-27(16)18-10-6-3-7-11-18)25-22(28)24-19(21-23-12-13-29-21)15-17-8-4-2-5-9-17/h2,4-5,8-9,12-14,18-19H,3,6-7,10-11,15H2,1H3,(H2,24,25,26,28). The fourth-order valence-electron chi connectivity index (χ4n) is 4.01. The smallest absolute Gasteiger partial charge is 0.321 e. The Morgan fingerprint density at radius 2 is 2.03 bits per heavy atom. The van der Waals surface area contributed by atoms with Crippen LogP contribution in [0, 0.1) is 6.92 Å². The van der Waals surface area contributed by atoms with Crippen molar-refractivity contribution in [3.05, 3.63) is 66.0 Å². The van der Waals surface area contributed by atoms with E-state index < -0.39 is 0 Å². The van der Waals surface area contributed by atoms with Crippen LogP contribution in [0.4, 0.5) is 10.6 Å². The lowest BCUT2D eigenvalue weighted by atomic mass is 9.95. The number of carbonyl (C=O) groups excluding carboxylic acids is 1. The van der Waals surface area contributed by atoms with E-state index >= 15 is 0 Å². The van der Waals surface area contributed by atoms with Gasteiger partial charge in [-0.15, -0.1) is 0 Å². The Kier molecular flexibility index (Phi) is 5.93. The summed E-state index contributed by atoms with van der Waals surface area (Å²) in [7, 11) is 0. The fraction of sp³-hybridized carbons (Fsp3) is 0.409. The number of oxazole rings is 1. The third-order valence-electron chi connectivity index (χ3n) is 5.42. The first kappa shape index (κ1) is 19.2. The van der Waals surface area contributed by atoms with Crippen molar-refractivity contribution in [3.8, 4) is 0 Å². The molecule has 1 saturated carbocycles. The fourth-order valence-corrected chi connectivity index (χ4v) is 4.01. The number of hydrogen-bond donors (Lipinski definition) is 2. The molecule has 7 heteroatoms. The summed E-state index contributed by atoms with van der Waals surface area (Å²) in [5.74, 6) is 1.05. The second-order valence-corrected chi connectivity index (χ2v) is 7.62. The average Bonchev–Trinajstić information content (AvgIpc) is 3.39. The van der Waals surface area contributed by atoms with Gasteiger partial charge in [-0.05, 0) is 25.3 Å². The Bertz CT molecular complexity index is 914. The van der Waals surface area contributed by atoms with Crippen molar-refractivity contribution in [2.75, 3.05) is 5.32 Å². The van der Waals surface area contributed by atoms with Crippen LogP contribution in [0.15, 0.2) is 53.3 Å². The molecule has 0 radical (unpaired) electrons. The number of nitrogens with zero attached hydrogens (tertiary/aromatic N) is 3. The van der Waals surface area contributed by atoms with Gasteiger partial charge < -0.3 is 9.73 Å². The SMILES string of the molecule is Cc1cc(NC(=O)NC(Cc2ccccc2)c2ncco2)nn1C1CCCCC1. The van der Waals surface area contributed by atoms with Gasteiger partial charge in [0.25, 0.3) is 0 Å². The summed E-state index contributed by atoms with van der Waals surface area (Å²) in [5, 5.41) is 10.5. The number of nitrogens with one attached hydrogen (secondary N) is 2. The molecule has 0 saturated heterocycles. The van der Waals surface area contributed by atoms with Crippen LogP contribution in [-0.2, 0) is 6.42 Å². The highest BCUT2D eigenvalue weighted by atomic mass is 16.3. The molecular formula is C22H27N5O2. The molecule has 0 bridgehead atoms. The first-order valence-electron chi connectivity index (χ1n) is 10.3. The molecule has 1 aromatic carbocycles. The summed E-state index contributed by atoms with van der Waals surface area (Å²) in [6, 6.07) is 11.6. The summed E-state index contributed by atoms with van der Waals surface area (Å²) >= 11 is 0. The first-order valence-corrected chi connectivity index (χ1v) is 10.3. The molecule has 2 N–H and O–H groups in total. The van der Waals surface area contributed by atoms with Gasteiger partial charge in [-0.25, -0.2) is 9.78 Å². The Hall–Kier alpha value is -3.09. The second-order valence-electron chi connectivity index (χ2n) is 7.62. The van der Waals surface area contributed by atoms with Crippen LogP contribution in [0.1, 0.15) is 61.3 Å². The maximum absolute atomic E-state index is 12.7. The summed E-state index contributed by atoms with van der Waals surface area (Å²) in [6.45, 7) is 2.04. The predicted octanol–water partition coefficient (Wildman–Crippen LogP) is 4.79. The number of rotatable bonds is 6. The van der Waals surface area contributed by atoms with E-state index in [9.17, 15) is 4.79 Å². The van der Waals surface area contributed by atoms with Crippen molar-refractivity contribution in [2.45, 2.75) is 57.5 Å². The van der Waals surface area contributed by atoms with Crippen molar-refractivity contribution >= 4 is 11.8 Å². The molecule has 1 atom stereocenters. The third-order valence-corrected chi connectivity index (χ3v) is 5.42. The van der Waals surface area contributed by atoms with Crippen LogP contribution < -0.4 is 10.6 Å². The molecule has 2 amide bonds. The Labute approximate surface area is 170 Å². The molecular weight excluding hydrogens is 366 g/mol. The Balaban J connectivity index is 1.43. The first-order chi connectivity index (χ1) is 14.2. The zero-order valence-corrected chi connectivity index (χ0v) is 16.7. The zero-order valence-electron chi connectivity index (χ0n) is 16.7. The summed E-state index contributed by atoms with van der Waals surface area (Å²) in [4.78, 5) is 16.9. The van der Waals surface area contributed by atoms with E-state index in [1.807, 2.05) is 43.3 Å². The topological polar surface area (TPSA) is 85.0 Å². The van der Waals surface area contributed by atoms with Crippen LogP contribution in [0.2, 0.25) is 0 Å². The Morgan fingerprint density at radius 1 is 1.24 bits per heavy atom. The number of benzene rings is 1. The van der Waals surface area contributed by atoms with Gasteiger partial charge in [-0.2, -0.15) is 5.10 Å². The molecule has 29 heavy (non-hydrogen) atoms. The van der Waals surface area contributed by atoms with Gasteiger partial charge in [0.2, 0.25) is 5.89 Å². The number of hydrogen-bond acceptors (Lipinski definition) is 4. The number of urea groups is 1. The van der Waals surface area contributed by atoms with Crippen molar-refractivity contribution in [1.29, 1.82) is 0 Å². The molecule has 2 heterocycles. The van der Waals surface area contributed by atoms with E-state index in [0.717, 1.165) is 24.1 Å². The second kappa shape index (κ2) is 8.94. The predicted molar refractivity (Wildman–Crippen MR) is 111 cm³/mol. The molecule has 1 fully saturated rings. The maximum Gasteiger partial charge on any atom is 0.321 e. The van der Waals surface area contributed by atoms with Crippen LogP contribution in [-0.4, -0.2) is 20.8 Å². The summed E-state index contributed by atoms with van der Waals surface area (Å²) < 4.78 is 7.51. The molecule has 1 aliphatic carbocycles. The maximum atomic E-state index is 12.7. The molecule has 1 aliphatic rings. The van der Waals surface area contributed by atoms with E-state index in [-0.39, 0.29) is 12.1 Å². The highest BCUT2D eigenvalue weighted by molar-refractivity contribution is 5.88. The number of anilines is 1. The van der Waals surface area contributed by atoms with E-state index in [4.69, 9.17) is 4.42 Å². The highest BCUT2D eigenvalue weighted by Gasteiger charge is 2.22. The van der Waals surface area contributed by atoms with Gasteiger partial charge in [-0.3, -0.25) is 10.00 Å². The monoisotopic (exact) mass is 393 g/mol. The third kappa shape index (κ3) is 4.85. The largest absolute Gasteiger partial charge is 0.447 e. The van der Waals surface area contributed by atoms with Gasteiger partial charge in [0, 0.05) is 18.2 Å². The molecule has 2 aromatic heterocycles. The van der Waals surface area contributed by atoms with Crippen LogP contribution >= 0.6 is 0 Å². The van der Waals surface area contributed by atoms with Crippen molar-refractivity contribution in [2.24, 2.45) is 0 Å². The lowest BCUT2D eigenvalue weighted by Crippen LogP contribution is -2.34. The molecule has 4 rings (SSSR count). The van der Waals surface area contributed by atoms with Gasteiger partial charge in [-0.1, -0.05) is 49.6 Å². The summed E-state index contributed by atoms with van der Waals surface area (Å²) in [5.41, 5.74) is 2.16. The lowest BCUT2D eigenvalue weighted by molar-refractivity contribution is 0.245. The zero-order chi connectivity index (χ0) is 20.1. The Morgan fingerprint density at radius 3 is 2.76 bits per heavy atom. The number of aryl methyl sites for hydroxylation is 1. The van der Waals surface area contributed by atoms with Gasteiger partial charge >= 0.3 is 6.03 Å². The minimum atomic E-state index is -0.367. The molecule has 3 aromatic rings.